The average molecular weight is 959 g/mol. The fourth-order valence-corrected chi connectivity index (χ4v) is 9.78. The highest BCUT2D eigenvalue weighted by Gasteiger charge is 2.40. The Morgan fingerprint density at radius 2 is 1.03 bits per heavy atom. The molecule has 6 atom stereocenters. The summed E-state index contributed by atoms with van der Waals surface area (Å²) in [6.45, 7) is 7.43. The second kappa shape index (κ2) is 23.5. The van der Waals surface area contributed by atoms with Crippen LogP contribution in [0.3, 0.4) is 0 Å². The first-order valence-corrected chi connectivity index (χ1v) is 24.4. The molecule has 372 valence electrons. The van der Waals surface area contributed by atoms with E-state index >= 15 is 4.79 Å². The number of aliphatic hydroxyl groups excluding tert-OH is 4. The zero-order valence-corrected chi connectivity index (χ0v) is 40.0. The molecule has 19 heteroatoms. The van der Waals surface area contributed by atoms with Crippen LogP contribution in [0.25, 0.3) is 44.3 Å². The minimum atomic E-state index is -1.08. The Labute approximate surface area is 407 Å². The third-order valence-electron chi connectivity index (χ3n) is 13.8. The van der Waals surface area contributed by atoms with Crippen molar-refractivity contribution in [1.29, 1.82) is 10.8 Å². The third-order valence-corrected chi connectivity index (χ3v) is 13.8. The van der Waals surface area contributed by atoms with Crippen LogP contribution >= 0.6 is 0 Å². The molecule has 2 saturated heterocycles. The van der Waals surface area contributed by atoms with Gasteiger partial charge in [0.15, 0.2) is 17.1 Å². The number of Topliss-reactive ketones (excluding diaryl/α,β-unsaturated/α-hetero) is 1. The molecule has 8 rings (SSSR count). The summed E-state index contributed by atoms with van der Waals surface area (Å²) in [5.41, 5.74) is 6.48. The molecule has 6 heterocycles. The standard InChI is InChI=1S/C51H66N12O7/c1-3-33(25-52)23-41(60-15-19-62(20-16-60)45-39(35-11-7-5-8-12-35)27-54-48-43(45)50(58-56-48)69-31-37(66)29-64)47(68)42(24-34(4-2)26-53)61-17-21-63(22-18-61)46-40(36-13-9-6-10-14-36)28-55-49-44(46)51(59-57-49)70-32-38(67)30-65/h5-14,25-28,33-34,37-38,41-42,52-53,64-67H,3-4,15-24,29-32H2,1-2H3,(H,54,56,58)(H,55,57,59)/t33-,34-,37+,38+,41?,42?/m0/s1. The number of aliphatic hydroxyl groups is 4. The van der Waals surface area contributed by atoms with Gasteiger partial charge in [-0.05, 0) is 61.1 Å². The molecule has 0 aliphatic carbocycles. The van der Waals surface area contributed by atoms with E-state index in [9.17, 15) is 20.4 Å². The van der Waals surface area contributed by atoms with Crippen LogP contribution in [-0.4, -0.2) is 182 Å². The molecule has 2 aliphatic heterocycles. The van der Waals surface area contributed by atoms with Crippen LogP contribution in [-0.2, 0) is 4.79 Å². The van der Waals surface area contributed by atoms with Crippen molar-refractivity contribution in [3.05, 3.63) is 73.1 Å². The Bertz CT molecular complexity index is 2470. The van der Waals surface area contributed by atoms with Gasteiger partial charge in [0.05, 0.1) is 36.7 Å². The molecule has 0 saturated carbocycles. The number of hydrogen-bond acceptors (Lipinski definition) is 17. The summed E-state index contributed by atoms with van der Waals surface area (Å²) >= 11 is 0. The SMILES string of the molecule is CC[C@H](C=N)CC(C(=O)C(C[C@@H](C=N)CC)N1CCN(c2c(-c3ccccc3)cnc3[nH]nc(OC[C@H](O)CO)c23)CC1)N1CCN(c2c(-c3ccccc3)cnc3[nH]nc(OC[C@H](O)CO)c23)CC1. The van der Waals surface area contributed by atoms with E-state index in [4.69, 9.17) is 30.3 Å². The molecule has 19 nitrogen and oxygen atoms in total. The summed E-state index contributed by atoms with van der Waals surface area (Å²) in [4.78, 5) is 34.2. The van der Waals surface area contributed by atoms with Gasteiger partial charge in [0.1, 0.15) is 36.2 Å². The molecule has 8 N–H and O–H groups in total. The molecule has 2 fully saturated rings. The van der Waals surface area contributed by atoms with Crippen LogP contribution in [0, 0.1) is 22.7 Å². The first-order valence-electron chi connectivity index (χ1n) is 24.4. The summed E-state index contributed by atoms with van der Waals surface area (Å²) in [7, 11) is 0. The van der Waals surface area contributed by atoms with Crippen LogP contribution in [0.5, 0.6) is 11.8 Å². The Kier molecular flexibility index (Phi) is 16.8. The highest BCUT2D eigenvalue weighted by atomic mass is 16.5. The largest absolute Gasteiger partial charge is 0.473 e. The molecule has 2 aromatic carbocycles. The first-order chi connectivity index (χ1) is 34.2. The smallest absolute Gasteiger partial charge is 0.244 e. The summed E-state index contributed by atoms with van der Waals surface area (Å²) in [6.07, 6.45) is 6.89. The molecule has 0 radical (unpaired) electrons. The van der Waals surface area contributed by atoms with Gasteiger partial charge < -0.3 is 50.5 Å². The number of H-pyrrole nitrogens is 2. The van der Waals surface area contributed by atoms with Crippen molar-refractivity contribution in [3.63, 3.8) is 0 Å². The van der Waals surface area contributed by atoms with Crippen molar-refractivity contribution >= 4 is 51.7 Å². The number of aromatic amines is 2. The predicted molar refractivity (Wildman–Crippen MR) is 270 cm³/mol. The quantitative estimate of drug-likeness (QED) is 0.0391. The Hall–Kier alpha value is -6.35. The Morgan fingerprint density at radius 1 is 0.643 bits per heavy atom. The lowest BCUT2D eigenvalue weighted by Gasteiger charge is -2.45. The molecule has 4 aromatic heterocycles. The number of rotatable bonds is 24. The van der Waals surface area contributed by atoms with E-state index in [0.717, 1.165) is 46.5 Å². The maximum atomic E-state index is 15.6. The number of hydrogen-bond donors (Lipinski definition) is 8. The summed E-state index contributed by atoms with van der Waals surface area (Å²) in [5, 5.41) is 72.3. The van der Waals surface area contributed by atoms with Gasteiger partial charge in [-0.1, -0.05) is 74.5 Å². The van der Waals surface area contributed by atoms with Crippen molar-refractivity contribution in [2.24, 2.45) is 11.8 Å². The number of piperazine rings is 2. The Balaban J connectivity index is 1.08. The molecule has 70 heavy (non-hydrogen) atoms. The number of nitrogens with one attached hydrogen (secondary N) is 4. The van der Waals surface area contributed by atoms with Gasteiger partial charge in [-0.25, -0.2) is 9.97 Å². The zero-order chi connectivity index (χ0) is 49.1. The number of anilines is 2. The number of fused-ring (bicyclic) bond motifs is 2. The first kappa shape index (κ1) is 50.1. The van der Waals surface area contributed by atoms with E-state index in [1.54, 1.807) is 0 Å². The van der Waals surface area contributed by atoms with E-state index < -0.39 is 37.5 Å². The van der Waals surface area contributed by atoms with E-state index in [-0.39, 0.29) is 42.6 Å². The van der Waals surface area contributed by atoms with Crippen LogP contribution < -0.4 is 19.3 Å². The van der Waals surface area contributed by atoms with E-state index in [0.29, 0.717) is 87.3 Å². The van der Waals surface area contributed by atoms with Crippen molar-refractivity contribution in [2.45, 2.75) is 63.8 Å². The van der Waals surface area contributed by atoms with Crippen molar-refractivity contribution in [1.82, 2.24) is 40.2 Å². The maximum Gasteiger partial charge on any atom is 0.244 e. The predicted octanol–water partition coefficient (Wildman–Crippen LogP) is 4.41. The third kappa shape index (κ3) is 11.0. The van der Waals surface area contributed by atoms with Crippen molar-refractivity contribution in [3.8, 4) is 34.0 Å². The monoisotopic (exact) mass is 959 g/mol. The van der Waals surface area contributed by atoms with Crippen LogP contribution in [0.2, 0.25) is 0 Å². The molecule has 6 aromatic rings. The number of carbonyl (C=O) groups is 1. The summed E-state index contributed by atoms with van der Waals surface area (Å²) in [5.74, 6) is 0.449. The van der Waals surface area contributed by atoms with E-state index in [2.05, 4.69) is 53.8 Å². The van der Waals surface area contributed by atoms with Gasteiger partial charge in [0, 0.05) is 75.9 Å². The number of pyridine rings is 2. The topological polar surface area (TPSA) is 260 Å². The van der Waals surface area contributed by atoms with Crippen LogP contribution in [0.4, 0.5) is 11.4 Å². The lowest BCUT2D eigenvalue weighted by Crippen LogP contribution is -2.59. The van der Waals surface area contributed by atoms with Gasteiger partial charge >= 0.3 is 0 Å². The van der Waals surface area contributed by atoms with Gasteiger partial charge in [-0.2, -0.15) is 0 Å². The minimum absolute atomic E-state index is 0.103. The highest BCUT2D eigenvalue weighted by Crippen LogP contribution is 2.42. The molecule has 2 aliphatic rings. The number of nitrogens with zero attached hydrogens (tertiary/aromatic N) is 8. The van der Waals surface area contributed by atoms with E-state index in [1.807, 2.05) is 73.1 Å². The van der Waals surface area contributed by atoms with E-state index in [1.165, 1.54) is 12.4 Å². The number of aromatic nitrogens is 6. The second-order valence-corrected chi connectivity index (χ2v) is 18.2. The number of carbonyl (C=O) groups excluding carboxylic acids is 1. The van der Waals surface area contributed by atoms with Gasteiger partial charge in [-0.3, -0.25) is 24.8 Å². The summed E-state index contributed by atoms with van der Waals surface area (Å²) in [6, 6.07) is 19.0. The Morgan fingerprint density at radius 3 is 1.37 bits per heavy atom. The maximum absolute atomic E-state index is 15.6. The molecule has 0 amide bonds. The normalized spacial score (nSPS) is 17.5. The minimum Gasteiger partial charge on any atom is -0.473 e. The van der Waals surface area contributed by atoms with Crippen molar-refractivity contribution in [2.75, 3.05) is 88.6 Å². The highest BCUT2D eigenvalue weighted by molar-refractivity contribution is 6.03. The molecule has 2 unspecified atom stereocenters. The lowest BCUT2D eigenvalue weighted by atomic mass is 9.86. The lowest BCUT2D eigenvalue weighted by molar-refractivity contribution is -0.131. The number of ether oxygens (including phenoxy) is 2. The van der Waals surface area contributed by atoms with Crippen molar-refractivity contribution < 1.29 is 34.7 Å². The van der Waals surface area contributed by atoms with Crippen LogP contribution in [0.1, 0.15) is 39.5 Å². The summed E-state index contributed by atoms with van der Waals surface area (Å²) < 4.78 is 12.0. The molecular weight excluding hydrogens is 893 g/mol. The number of benzene rings is 2. The molecule has 0 spiro atoms. The fourth-order valence-electron chi connectivity index (χ4n) is 9.78. The molecule has 0 bridgehead atoms. The second-order valence-electron chi connectivity index (χ2n) is 18.2. The zero-order valence-electron chi connectivity index (χ0n) is 40.0. The fraction of sp³-hybridized carbons (Fsp3) is 0.471. The molecular formula is C51H66N12O7. The van der Waals surface area contributed by atoms with Gasteiger partial charge in [0.2, 0.25) is 11.8 Å². The van der Waals surface area contributed by atoms with Gasteiger partial charge in [-0.15, -0.1) is 10.2 Å². The van der Waals surface area contributed by atoms with Gasteiger partial charge in [0.25, 0.3) is 0 Å². The number of ketones is 1. The van der Waals surface area contributed by atoms with Crippen LogP contribution in [0.15, 0.2) is 73.1 Å². The average Bonchev–Trinajstić information content (AvgIpc) is 4.04.